The molecule has 0 atom stereocenters. The van der Waals surface area contributed by atoms with Crippen molar-refractivity contribution in [2.24, 2.45) is 11.5 Å². The number of hydrogen-bond donors (Lipinski definition) is 6. The van der Waals surface area contributed by atoms with Crippen molar-refractivity contribution in [3.8, 4) is 0 Å². The smallest absolute Gasteiger partial charge is 0.390 e. The monoisotopic (exact) mass is 272 g/mol. The molecule has 8 N–H and O–H groups in total. The predicted octanol–water partition coefficient (Wildman–Crippen LogP) is -2.94. The molecule has 0 fully saturated rings. The number of rotatable bonds is 9. The summed E-state index contributed by atoms with van der Waals surface area (Å²) in [6.07, 6.45) is 0.750. The van der Waals surface area contributed by atoms with Crippen molar-refractivity contribution in [1.82, 2.24) is 0 Å². The molecular weight excluding hydrogens is 252 g/mol. The summed E-state index contributed by atoms with van der Waals surface area (Å²) in [6.45, 7) is 0.592. The molecule has 0 aliphatic carbocycles. The molecular formula is C6H20N2O6Si2. The molecule has 0 aromatic heterocycles. The Morgan fingerprint density at radius 3 is 2.00 bits per heavy atom. The van der Waals surface area contributed by atoms with Crippen LogP contribution < -0.4 is 11.5 Å². The van der Waals surface area contributed by atoms with E-state index >= 15 is 0 Å². The molecule has 0 unspecified atom stereocenters. The highest BCUT2D eigenvalue weighted by Crippen LogP contribution is 2.12. The Hall–Kier alpha value is 0.114. The highest BCUT2D eigenvalue weighted by atomic mass is 28.5. The van der Waals surface area contributed by atoms with Gasteiger partial charge in [-0.05, 0) is 25.9 Å². The van der Waals surface area contributed by atoms with Crippen molar-refractivity contribution in [1.29, 1.82) is 0 Å². The Bertz CT molecular complexity index is 194. The molecule has 0 bridgehead atoms. The van der Waals surface area contributed by atoms with Crippen LogP contribution in [0.3, 0.4) is 0 Å². The van der Waals surface area contributed by atoms with E-state index in [-0.39, 0.29) is 19.2 Å². The minimum atomic E-state index is -4.46. The molecule has 0 saturated carbocycles. The third kappa shape index (κ3) is 8.29. The Kier molecular flexibility index (Phi) is 7.49. The standard InChI is InChI=1S/C6H20N2O6Si2/c7-3-1-5-13-16(11,12)14-15(9,10)6-2-4-8/h9-12H,1-8H2. The Balaban J connectivity index is 4.01. The molecule has 8 nitrogen and oxygen atoms in total. The van der Waals surface area contributed by atoms with Crippen molar-refractivity contribution >= 4 is 17.9 Å². The zero-order chi connectivity index (χ0) is 12.7. The maximum absolute atomic E-state index is 9.36. The summed E-state index contributed by atoms with van der Waals surface area (Å²) in [6, 6.07) is -0.0976. The van der Waals surface area contributed by atoms with Crippen LogP contribution in [0.1, 0.15) is 12.8 Å². The first-order valence-corrected chi connectivity index (χ1v) is 8.69. The molecule has 0 radical (unpaired) electrons. The van der Waals surface area contributed by atoms with Gasteiger partial charge in [0, 0.05) is 12.7 Å². The summed E-state index contributed by atoms with van der Waals surface area (Å²) in [5.41, 5.74) is 10.4. The summed E-state index contributed by atoms with van der Waals surface area (Å²) in [5.74, 6) is 0. The van der Waals surface area contributed by atoms with Gasteiger partial charge in [-0.25, -0.2) is 0 Å². The lowest BCUT2D eigenvalue weighted by atomic mass is 10.5. The van der Waals surface area contributed by atoms with Gasteiger partial charge in [-0.3, -0.25) is 0 Å². The molecule has 98 valence electrons. The summed E-state index contributed by atoms with van der Waals surface area (Å²) in [4.78, 5) is 37.3. The molecule has 0 aliphatic heterocycles. The first-order chi connectivity index (χ1) is 7.33. The van der Waals surface area contributed by atoms with E-state index in [1.54, 1.807) is 0 Å². The maximum atomic E-state index is 9.36. The molecule has 0 heterocycles. The molecule has 0 aromatic carbocycles. The predicted molar refractivity (Wildman–Crippen MR) is 59.6 cm³/mol. The molecule has 0 amide bonds. The fraction of sp³-hybridized carbons (Fsp3) is 1.00. The van der Waals surface area contributed by atoms with Gasteiger partial charge < -0.3 is 39.2 Å². The maximum Gasteiger partial charge on any atom is 0.666 e. The lowest BCUT2D eigenvalue weighted by molar-refractivity contribution is 0.0427. The molecule has 0 spiro atoms. The van der Waals surface area contributed by atoms with Crippen molar-refractivity contribution in [3.63, 3.8) is 0 Å². The van der Waals surface area contributed by atoms with E-state index in [2.05, 4.69) is 8.54 Å². The summed E-state index contributed by atoms with van der Waals surface area (Å²) in [7, 11) is -8.56. The minimum Gasteiger partial charge on any atom is -0.390 e. The first kappa shape index (κ1) is 16.1. The lowest BCUT2D eigenvalue weighted by Gasteiger charge is -2.24. The van der Waals surface area contributed by atoms with Gasteiger partial charge in [0.25, 0.3) is 0 Å². The van der Waals surface area contributed by atoms with Crippen molar-refractivity contribution in [2.45, 2.75) is 18.9 Å². The van der Waals surface area contributed by atoms with Gasteiger partial charge in [0.05, 0.1) is 0 Å². The quantitative estimate of drug-likeness (QED) is 0.193. The SMILES string of the molecule is NCCCO[Si](O)(O)O[Si](O)(O)CCCN. The average Bonchev–Trinajstić information content (AvgIpc) is 2.13. The van der Waals surface area contributed by atoms with E-state index in [0.717, 1.165) is 0 Å². The van der Waals surface area contributed by atoms with Gasteiger partial charge >= 0.3 is 17.9 Å². The van der Waals surface area contributed by atoms with Crippen molar-refractivity contribution in [3.05, 3.63) is 0 Å². The van der Waals surface area contributed by atoms with E-state index in [4.69, 9.17) is 11.5 Å². The van der Waals surface area contributed by atoms with Gasteiger partial charge in [-0.1, -0.05) is 0 Å². The Morgan fingerprint density at radius 2 is 1.50 bits per heavy atom. The van der Waals surface area contributed by atoms with E-state index in [0.29, 0.717) is 19.4 Å². The largest absolute Gasteiger partial charge is 0.666 e. The second-order valence-electron chi connectivity index (χ2n) is 3.28. The van der Waals surface area contributed by atoms with E-state index in [1.165, 1.54) is 0 Å². The fourth-order valence-electron chi connectivity index (χ4n) is 0.914. The van der Waals surface area contributed by atoms with Crippen LogP contribution in [-0.2, 0) is 8.54 Å². The van der Waals surface area contributed by atoms with Gasteiger partial charge in [-0.15, -0.1) is 0 Å². The van der Waals surface area contributed by atoms with Gasteiger partial charge in [0.2, 0.25) is 0 Å². The van der Waals surface area contributed by atoms with E-state index < -0.39 is 17.9 Å². The van der Waals surface area contributed by atoms with Gasteiger partial charge in [-0.2, -0.15) is 0 Å². The summed E-state index contributed by atoms with van der Waals surface area (Å²) >= 11 is 0. The zero-order valence-corrected chi connectivity index (χ0v) is 11.0. The molecule has 0 saturated heterocycles. The normalized spacial score (nSPS) is 13.1. The Morgan fingerprint density at radius 1 is 0.938 bits per heavy atom. The molecule has 0 rings (SSSR count). The van der Waals surface area contributed by atoms with Crippen LogP contribution in [0.2, 0.25) is 6.04 Å². The minimum absolute atomic E-state index is 0.00289. The van der Waals surface area contributed by atoms with Crippen LogP contribution >= 0.6 is 0 Å². The van der Waals surface area contributed by atoms with Crippen LogP contribution in [0.15, 0.2) is 0 Å². The molecule has 16 heavy (non-hydrogen) atoms. The third-order valence-corrected chi connectivity index (χ3v) is 5.60. The summed E-state index contributed by atoms with van der Waals surface area (Å²) in [5, 5.41) is 0. The second-order valence-corrected chi connectivity index (χ2v) is 7.47. The summed E-state index contributed by atoms with van der Waals surface area (Å²) < 4.78 is 9.07. The van der Waals surface area contributed by atoms with Crippen LogP contribution in [0.25, 0.3) is 0 Å². The van der Waals surface area contributed by atoms with Crippen molar-refractivity contribution < 1.29 is 27.7 Å². The van der Waals surface area contributed by atoms with Crippen LogP contribution in [0.4, 0.5) is 0 Å². The topological polar surface area (TPSA) is 151 Å². The van der Waals surface area contributed by atoms with Gasteiger partial charge in [0.1, 0.15) is 0 Å². The second kappa shape index (κ2) is 7.44. The average molecular weight is 272 g/mol. The molecule has 10 heteroatoms. The molecule has 0 aliphatic rings. The van der Waals surface area contributed by atoms with Gasteiger partial charge in [0.15, 0.2) is 0 Å². The highest BCUT2D eigenvalue weighted by Gasteiger charge is 2.47. The van der Waals surface area contributed by atoms with Crippen LogP contribution in [-0.4, -0.2) is 56.7 Å². The van der Waals surface area contributed by atoms with E-state index in [9.17, 15) is 19.2 Å². The lowest BCUT2D eigenvalue weighted by Crippen LogP contribution is -2.55. The Labute approximate surface area is 96.3 Å². The zero-order valence-electron chi connectivity index (χ0n) is 9.00. The molecule has 0 aromatic rings. The van der Waals surface area contributed by atoms with Crippen molar-refractivity contribution in [2.75, 3.05) is 19.7 Å². The van der Waals surface area contributed by atoms with Crippen LogP contribution in [0, 0.1) is 0 Å². The van der Waals surface area contributed by atoms with E-state index in [1.807, 2.05) is 0 Å². The van der Waals surface area contributed by atoms with Crippen LogP contribution in [0.5, 0.6) is 0 Å². The highest BCUT2D eigenvalue weighted by molar-refractivity contribution is 6.69. The first-order valence-electron chi connectivity index (χ1n) is 4.97. The third-order valence-electron chi connectivity index (χ3n) is 1.64. The fourth-order valence-corrected chi connectivity index (χ4v) is 4.34. The number of hydrogen-bond acceptors (Lipinski definition) is 8. The number of nitrogens with two attached hydrogens (primary N) is 2.